The molecule has 0 saturated carbocycles. The van der Waals surface area contributed by atoms with Gasteiger partial charge in [0, 0.05) is 19.2 Å². The molecule has 122 valence electrons. The lowest BCUT2D eigenvalue weighted by Gasteiger charge is -2.31. The first-order chi connectivity index (χ1) is 10.4. The van der Waals surface area contributed by atoms with Gasteiger partial charge in [0.05, 0.1) is 5.75 Å². The van der Waals surface area contributed by atoms with Crippen molar-refractivity contribution in [1.29, 1.82) is 0 Å². The largest absolute Gasteiger partial charge is 0.217 e. The maximum absolute atomic E-state index is 13.6. The van der Waals surface area contributed by atoms with Crippen molar-refractivity contribution in [3.05, 3.63) is 48.1 Å². The fourth-order valence-electron chi connectivity index (χ4n) is 2.85. The Balaban J connectivity index is 1.94. The molecule has 1 fully saturated rings. The van der Waals surface area contributed by atoms with Crippen molar-refractivity contribution in [1.82, 2.24) is 4.31 Å². The van der Waals surface area contributed by atoms with Gasteiger partial charge in [-0.3, -0.25) is 0 Å². The molecule has 1 aliphatic rings. The van der Waals surface area contributed by atoms with E-state index in [2.05, 4.69) is 6.58 Å². The van der Waals surface area contributed by atoms with E-state index < -0.39 is 21.7 Å². The molecule has 0 amide bonds. The van der Waals surface area contributed by atoms with Crippen molar-refractivity contribution < 1.29 is 17.2 Å². The highest BCUT2D eigenvalue weighted by Crippen LogP contribution is 2.24. The van der Waals surface area contributed by atoms with Gasteiger partial charge < -0.3 is 0 Å². The number of aryl methyl sites for hydroxylation is 1. The van der Waals surface area contributed by atoms with Crippen LogP contribution >= 0.6 is 0 Å². The second-order valence-electron chi connectivity index (χ2n) is 5.71. The van der Waals surface area contributed by atoms with Gasteiger partial charge in [-0.25, -0.2) is 21.5 Å². The molecule has 1 saturated heterocycles. The molecule has 1 aromatic carbocycles. The molecule has 3 nitrogen and oxygen atoms in total. The molecule has 0 bridgehead atoms. The first-order valence-corrected chi connectivity index (χ1v) is 9.06. The van der Waals surface area contributed by atoms with Crippen molar-refractivity contribution in [2.45, 2.75) is 25.7 Å². The van der Waals surface area contributed by atoms with Gasteiger partial charge in [0.2, 0.25) is 10.0 Å². The van der Waals surface area contributed by atoms with E-state index in [-0.39, 0.29) is 11.7 Å². The van der Waals surface area contributed by atoms with Gasteiger partial charge in [-0.05, 0) is 43.2 Å². The Kier molecular flexibility index (Phi) is 5.69. The Labute approximate surface area is 130 Å². The predicted molar refractivity (Wildman–Crippen MR) is 83.0 cm³/mol. The van der Waals surface area contributed by atoms with Gasteiger partial charge in [0.15, 0.2) is 0 Å². The summed E-state index contributed by atoms with van der Waals surface area (Å²) in [7, 11) is -3.27. The number of hydrogen-bond donors (Lipinski definition) is 0. The van der Waals surface area contributed by atoms with Crippen molar-refractivity contribution in [2.24, 2.45) is 5.92 Å². The van der Waals surface area contributed by atoms with Gasteiger partial charge in [-0.2, -0.15) is 0 Å². The van der Waals surface area contributed by atoms with E-state index >= 15 is 0 Å². The minimum absolute atomic E-state index is 0.0493. The van der Waals surface area contributed by atoms with E-state index in [1.165, 1.54) is 22.5 Å². The van der Waals surface area contributed by atoms with Crippen molar-refractivity contribution >= 4 is 10.0 Å². The highest BCUT2D eigenvalue weighted by atomic mass is 32.2. The summed E-state index contributed by atoms with van der Waals surface area (Å²) in [4.78, 5) is 0. The molecular formula is C16H21F2NO2S. The van der Waals surface area contributed by atoms with Crippen LogP contribution < -0.4 is 0 Å². The lowest BCUT2D eigenvalue weighted by atomic mass is 9.92. The van der Waals surface area contributed by atoms with Crippen LogP contribution in [0.5, 0.6) is 0 Å². The number of piperidine rings is 1. The van der Waals surface area contributed by atoms with Crippen LogP contribution in [0.1, 0.15) is 24.8 Å². The van der Waals surface area contributed by atoms with Crippen LogP contribution in [0.3, 0.4) is 0 Å². The maximum Gasteiger partial charge on any atom is 0.217 e. The van der Waals surface area contributed by atoms with Crippen LogP contribution in [0.4, 0.5) is 8.78 Å². The molecule has 0 aliphatic carbocycles. The first-order valence-electron chi connectivity index (χ1n) is 7.45. The lowest BCUT2D eigenvalue weighted by molar-refractivity contribution is 0.256. The molecule has 2 rings (SSSR count). The summed E-state index contributed by atoms with van der Waals surface area (Å²) >= 11 is 0. The van der Waals surface area contributed by atoms with E-state index in [0.29, 0.717) is 31.5 Å². The van der Waals surface area contributed by atoms with Crippen molar-refractivity contribution in [3.63, 3.8) is 0 Å². The number of rotatable bonds is 6. The number of benzene rings is 1. The molecular weight excluding hydrogens is 308 g/mol. The molecule has 0 aromatic heterocycles. The summed E-state index contributed by atoms with van der Waals surface area (Å²) in [5.41, 5.74) is 0.479. The van der Waals surface area contributed by atoms with E-state index in [4.69, 9.17) is 0 Å². The zero-order valence-corrected chi connectivity index (χ0v) is 13.3. The fourth-order valence-corrected chi connectivity index (χ4v) is 4.21. The third kappa shape index (κ3) is 4.36. The molecule has 0 spiro atoms. The first kappa shape index (κ1) is 17.1. The van der Waals surface area contributed by atoms with Crippen LogP contribution in [0.15, 0.2) is 30.9 Å². The molecule has 6 heteroatoms. The maximum atomic E-state index is 13.6. The van der Waals surface area contributed by atoms with Gasteiger partial charge >= 0.3 is 0 Å². The number of sulfonamides is 1. The molecule has 1 aliphatic heterocycles. The second kappa shape index (κ2) is 7.33. The molecule has 0 unspecified atom stereocenters. The average molecular weight is 329 g/mol. The SMILES string of the molecule is C=CCS(=O)(=O)N1CCC[C@@H](CCc2ccc(F)cc2F)C1. The zero-order chi connectivity index (χ0) is 16.2. The minimum atomic E-state index is -3.27. The summed E-state index contributed by atoms with van der Waals surface area (Å²) in [6.45, 7) is 4.48. The van der Waals surface area contributed by atoms with Gasteiger partial charge in [-0.1, -0.05) is 12.1 Å². The van der Waals surface area contributed by atoms with Crippen LogP contribution in [0.25, 0.3) is 0 Å². The summed E-state index contributed by atoms with van der Waals surface area (Å²) < 4.78 is 52.1. The Morgan fingerprint density at radius 1 is 1.36 bits per heavy atom. The molecule has 22 heavy (non-hydrogen) atoms. The Hall–Kier alpha value is -1.27. The summed E-state index contributed by atoms with van der Waals surface area (Å²) in [6.07, 6.45) is 4.33. The molecule has 0 N–H and O–H groups in total. The van der Waals surface area contributed by atoms with Gasteiger partial charge in [0.25, 0.3) is 0 Å². The van der Waals surface area contributed by atoms with Crippen LogP contribution in [-0.2, 0) is 16.4 Å². The van der Waals surface area contributed by atoms with E-state index in [1.54, 1.807) is 0 Å². The van der Waals surface area contributed by atoms with E-state index in [0.717, 1.165) is 18.9 Å². The quantitative estimate of drug-likeness (QED) is 0.752. The summed E-state index contributed by atoms with van der Waals surface area (Å²) in [5, 5.41) is 0. The lowest BCUT2D eigenvalue weighted by Crippen LogP contribution is -2.40. The normalized spacial score (nSPS) is 20.0. The fraction of sp³-hybridized carbons (Fsp3) is 0.500. The smallest absolute Gasteiger partial charge is 0.212 e. The second-order valence-corrected chi connectivity index (χ2v) is 7.72. The molecule has 1 aromatic rings. The number of halogens is 2. The average Bonchev–Trinajstić information content (AvgIpc) is 2.46. The topological polar surface area (TPSA) is 37.4 Å². The van der Waals surface area contributed by atoms with Gasteiger partial charge in [0.1, 0.15) is 11.6 Å². The third-order valence-corrected chi connectivity index (χ3v) is 5.82. The third-order valence-electron chi connectivity index (χ3n) is 4.04. The summed E-state index contributed by atoms with van der Waals surface area (Å²) in [6, 6.07) is 3.59. The van der Waals surface area contributed by atoms with E-state index in [1.807, 2.05) is 0 Å². The monoisotopic (exact) mass is 329 g/mol. The van der Waals surface area contributed by atoms with E-state index in [9.17, 15) is 17.2 Å². The van der Waals surface area contributed by atoms with Crippen molar-refractivity contribution in [3.8, 4) is 0 Å². The van der Waals surface area contributed by atoms with Gasteiger partial charge in [-0.15, -0.1) is 6.58 Å². The summed E-state index contributed by atoms with van der Waals surface area (Å²) in [5.74, 6) is -0.961. The zero-order valence-electron chi connectivity index (χ0n) is 12.5. The minimum Gasteiger partial charge on any atom is -0.212 e. The highest BCUT2D eigenvalue weighted by molar-refractivity contribution is 7.89. The highest BCUT2D eigenvalue weighted by Gasteiger charge is 2.27. The molecule has 1 atom stereocenters. The number of hydrogen-bond acceptors (Lipinski definition) is 2. The Morgan fingerprint density at radius 3 is 2.82 bits per heavy atom. The standard InChI is InChI=1S/C16H21F2NO2S/c1-2-10-22(20,21)19-9-3-4-13(12-19)5-6-14-7-8-15(17)11-16(14)18/h2,7-8,11,13H,1,3-6,9-10,12H2/t13-/m0/s1. The molecule has 0 radical (unpaired) electrons. The Bertz CT molecular complexity index is 631. The van der Waals surface area contributed by atoms with Crippen LogP contribution in [0.2, 0.25) is 0 Å². The molecule has 1 heterocycles. The predicted octanol–water partition coefficient (Wildman–Crippen LogP) is 3.13. The van der Waals surface area contributed by atoms with Crippen LogP contribution in [0, 0.1) is 17.6 Å². The van der Waals surface area contributed by atoms with Crippen LogP contribution in [-0.4, -0.2) is 31.6 Å². The Morgan fingerprint density at radius 2 is 2.14 bits per heavy atom. The van der Waals surface area contributed by atoms with Crippen molar-refractivity contribution in [2.75, 3.05) is 18.8 Å². The number of nitrogens with zero attached hydrogens (tertiary/aromatic N) is 1.